The van der Waals surface area contributed by atoms with Gasteiger partial charge in [0.25, 0.3) is 0 Å². The van der Waals surface area contributed by atoms with E-state index in [1.165, 1.54) is 0 Å². The quantitative estimate of drug-likeness (QED) is 0.766. The summed E-state index contributed by atoms with van der Waals surface area (Å²) in [6.45, 7) is 6.86. The Morgan fingerprint density at radius 3 is 2.67 bits per heavy atom. The van der Waals surface area contributed by atoms with Crippen LogP contribution in [0.25, 0.3) is 0 Å². The van der Waals surface area contributed by atoms with E-state index in [2.05, 4.69) is 12.0 Å². The Hall–Kier alpha value is -2.10. The molecule has 2 aromatic rings. The van der Waals surface area contributed by atoms with Crippen molar-refractivity contribution in [2.24, 2.45) is 0 Å². The number of Topliss-reactive ketones (excluding diaryl/α,β-unsaturated/α-hetero) is 1. The topological polar surface area (TPSA) is 44.1 Å². The summed E-state index contributed by atoms with van der Waals surface area (Å²) in [5, 5.41) is 4.48. The van der Waals surface area contributed by atoms with Crippen molar-refractivity contribution >= 4 is 5.78 Å². The van der Waals surface area contributed by atoms with Crippen LogP contribution in [0, 0.1) is 6.92 Å². The van der Waals surface area contributed by atoms with Crippen LogP contribution in [0.5, 0.6) is 5.75 Å². The van der Waals surface area contributed by atoms with Crippen molar-refractivity contribution in [2.45, 2.75) is 40.2 Å². The highest BCUT2D eigenvalue weighted by Gasteiger charge is 2.16. The van der Waals surface area contributed by atoms with Crippen molar-refractivity contribution in [2.75, 3.05) is 7.11 Å². The number of aryl methyl sites for hydroxylation is 3. The smallest absolute Gasteiger partial charge is 0.172 e. The van der Waals surface area contributed by atoms with Crippen LogP contribution in [-0.2, 0) is 19.4 Å². The van der Waals surface area contributed by atoms with Crippen molar-refractivity contribution in [3.8, 4) is 5.75 Å². The highest BCUT2D eigenvalue weighted by molar-refractivity contribution is 5.99. The van der Waals surface area contributed by atoms with Crippen LogP contribution in [-0.4, -0.2) is 22.7 Å². The second-order valence-corrected chi connectivity index (χ2v) is 5.10. The van der Waals surface area contributed by atoms with Crippen molar-refractivity contribution in [1.82, 2.24) is 9.78 Å². The minimum atomic E-state index is 0.0594. The predicted octanol–water partition coefficient (Wildman–Crippen LogP) is 3.21. The highest BCUT2D eigenvalue weighted by Crippen LogP contribution is 2.22. The summed E-state index contributed by atoms with van der Waals surface area (Å²) in [4.78, 5) is 12.5. The van der Waals surface area contributed by atoms with E-state index in [0.717, 1.165) is 29.9 Å². The van der Waals surface area contributed by atoms with Gasteiger partial charge in [-0.25, -0.2) is 0 Å². The number of aromatic nitrogens is 2. The van der Waals surface area contributed by atoms with Gasteiger partial charge in [0.2, 0.25) is 0 Å². The largest absolute Gasteiger partial charge is 0.496 e. The molecular weight excluding hydrogens is 264 g/mol. The Morgan fingerprint density at radius 1 is 1.29 bits per heavy atom. The molecule has 112 valence electrons. The van der Waals surface area contributed by atoms with E-state index in [4.69, 9.17) is 4.74 Å². The van der Waals surface area contributed by atoms with E-state index in [-0.39, 0.29) is 5.78 Å². The number of carbonyl (C=O) groups excluding carboxylic acids is 1. The predicted molar refractivity (Wildman–Crippen MR) is 83.0 cm³/mol. The third kappa shape index (κ3) is 3.32. The fourth-order valence-electron chi connectivity index (χ4n) is 2.39. The number of hydrogen-bond donors (Lipinski definition) is 0. The monoisotopic (exact) mass is 286 g/mol. The Kier molecular flexibility index (Phi) is 4.78. The molecule has 0 saturated carbocycles. The van der Waals surface area contributed by atoms with E-state index >= 15 is 0 Å². The first-order valence-electron chi connectivity index (χ1n) is 7.32. The number of ether oxygens (including phenoxy) is 1. The molecule has 1 aromatic carbocycles. The molecule has 21 heavy (non-hydrogen) atoms. The zero-order valence-corrected chi connectivity index (χ0v) is 13.1. The fourth-order valence-corrected chi connectivity index (χ4v) is 2.39. The number of rotatable bonds is 6. The Balaban J connectivity index is 2.27. The molecule has 0 aliphatic rings. The lowest BCUT2D eigenvalue weighted by molar-refractivity contribution is 0.0987. The molecule has 1 aromatic heterocycles. The maximum absolute atomic E-state index is 12.5. The maximum atomic E-state index is 12.5. The number of nitrogens with zero attached hydrogens (tertiary/aromatic N) is 2. The van der Waals surface area contributed by atoms with Gasteiger partial charge in [-0.3, -0.25) is 9.48 Å². The minimum absolute atomic E-state index is 0.0594. The average molecular weight is 286 g/mol. The number of ketones is 1. The highest BCUT2D eigenvalue weighted by atomic mass is 16.5. The molecule has 0 fully saturated rings. The van der Waals surface area contributed by atoms with Gasteiger partial charge >= 0.3 is 0 Å². The summed E-state index contributed by atoms with van der Waals surface area (Å²) >= 11 is 0. The van der Waals surface area contributed by atoms with E-state index in [0.29, 0.717) is 17.7 Å². The second-order valence-electron chi connectivity index (χ2n) is 5.10. The molecular formula is C17H22N2O2. The van der Waals surface area contributed by atoms with E-state index in [1.807, 2.05) is 42.8 Å². The second kappa shape index (κ2) is 6.57. The van der Waals surface area contributed by atoms with Crippen LogP contribution < -0.4 is 4.74 Å². The molecule has 0 amide bonds. The normalized spacial score (nSPS) is 10.7. The summed E-state index contributed by atoms with van der Waals surface area (Å²) in [6, 6.07) is 7.68. The molecule has 0 bridgehead atoms. The first-order chi connectivity index (χ1) is 10.1. The molecule has 1 heterocycles. The van der Waals surface area contributed by atoms with Crippen LogP contribution >= 0.6 is 0 Å². The Morgan fingerprint density at radius 2 is 2.05 bits per heavy atom. The van der Waals surface area contributed by atoms with E-state index in [9.17, 15) is 4.79 Å². The molecule has 4 heteroatoms. The standard InChI is InChI=1S/C17H22N2O2/c1-5-13-10-14(19(6-2)18-13)11-16(20)15-8-7-12(3)9-17(15)21-4/h7-10H,5-6,11H2,1-4H3. The molecule has 0 spiro atoms. The zero-order valence-electron chi connectivity index (χ0n) is 13.1. The van der Waals surface area contributed by atoms with Gasteiger partial charge in [-0.2, -0.15) is 5.10 Å². The Labute approximate surface area is 125 Å². The van der Waals surface area contributed by atoms with E-state index in [1.54, 1.807) is 7.11 Å². The molecule has 0 aliphatic heterocycles. The van der Waals surface area contributed by atoms with Gasteiger partial charge < -0.3 is 4.74 Å². The van der Waals surface area contributed by atoms with E-state index < -0.39 is 0 Å². The third-order valence-electron chi connectivity index (χ3n) is 3.57. The first-order valence-corrected chi connectivity index (χ1v) is 7.32. The summed E-state index contributed by atoms with van der Waals surface area (Å²) < 4.78 is 7.22. The molecule has 0 radical (unpaired) electrons. The molecule has 2 rings (SSSR count). The average Bonchev–Trinajstić information content (AvgIpc) is 2.89. The van der Waals surface area contributed by atoms with Crippen LogP contribution in [0.3, 0.4) is 0 Å². The molecule has 0 saturated heterocycles. The van der Waals surface area contributed by atoms with Gasteiger partial charge in [-0.1, -0.05) is 13.0 Å². The van der Waals surface area contributed by atoms with Crippen LogP contribution in [0.2, 0.25) is 0 Å². The van der Waals surface area contributed by atoms with Crippen LogP contribution in [0.4, 0.5) is 0 Å². The zero-order chi connectivity index (χ0) is 15.4. The van der Waals surface area contributed by atoms with Crippen molar-refractivity contribution in [1.29, 1.82) is 0 Å². The fraction of sp³-hybridized carbons (Fsp3) is 0.412. The number of hydrogen-bond acceptors (Lipinski definition) is 3. The van der Waals surface area contributed by atoms with Gasteiger partial charge in [0, 0.05) is 12.2 Å². The number of carbonyl (C=O) groups is 1. The summed E-state index contributed by atoms with van der Waals surface area (Å²) in [7, 11) is 1.59. The number of methoxy groups -OCH3 is 1. The lowest BCUT2D eigenvalue weighted by Gasteiger charge is -2.09. The molecule has 0 atom stereocenters. The van der Waals surface area contributed by atoms with Crippen molar-refractivity contribution in [3.05, 3.63) is 46.8 Å². The maximum Gasteiger partial charge on any atom is 0.172 e. The van der Waals surface area contributed by atoms with Crippen LogP contribution in [0.15, 0.2) is 24.3 Å². The van der Waals surface area contributed by atoms with Gasteiger partial charge in [-0.05, 0) is 44.0 Å². The molecule has 0 unspecified atom stereocenters. The molecule has 4 nitrogen and oxygen atoms in total. The Bertz CT molecular complexity index is 644. The van der Waals surface area contributed by atoms with Crippen LogP contribution in [0.1, 0.15) is 41.2 Å². The summed E-state index contributed by atoms with van der Waals surface area (Å²) in [5.41, 5.74) is 3.69. The molecule has 0 aliphatic carbocycles. The van der Waals surface area contributed by atoms with Crippen molar-refractivity contribution < 1.29 is 9.53 Å². The van der Waals surface area contributed by atoms with Crippen molar-refractivity contribution in [3.63, 3.8) is 0 Å². The minimum Gasteiger partial charge on any atom is -0.496 e. The first kappa shape index (κ1) is 15.3. The van der Waals surface area contributed by atoms with Gasteiger partial charge in [0.05, 0.1) is 24.8 Å². The van der Waals surface area contributed by atoms with Gasteiger partial charge in [0.15, 0.2) is 5.78 Å². The lowest BCUT2D eigenvalue weighted by atomic mass is 10.0. The molecule has 0 N–H and O–H groups in total. The SMILES string of the molecule is CCc1cc(CC(=O)c2ccc(C)cc2OC)n(CC)n1. The summed E-state index contributed by atoms with van der Waals surface area (Å²) in [5.74, 6) is 0.697. The van der Waals surface area contributed by atoms with Gasteiger partial charge in [-0.15, -0.1) is 0 Å². The third-order valence-corrected chi connectivity index (χ3v) is 3.57. The lowest BCUT2D eigenvalue weighted by Crippen LogP contribution is -2.10. The number of benzene rings is 1. The summed E-state index contributed by atoms with van der Waals surface area (Å²) in [6.07, 6.45) is 1.22. The van der Waals surface area contributed by atoms with Gasteiger partial charge in [0.1, 0.15) is 5.75 Å².